The van der Waals surface area contributed by atoms with Crippen LogP contribution in [0.4, 0.5) is 14.6 Å². The number of primary amides is 1. The number of benzene rings is 2. The predicted octanol–water partition coefficient (Wildman–Crippen LogP) is 3.71. The smallest absolute Gasteiger partial charge is 0.319 e. The Bertz CT molecular complexity index is 2180. The van der Waals surface area contributed by atoms with E-state index in [4.69, 9.17) is 21.9 Å². The number of nitrogens with two attached hydrogens (primary N) is 1. The third-order valence-corrected chi connectivity index (χ3v) is 11.5. The van der Waals surface area contributed by atoms with Gasteiger partial charge >= 0.3 is 6.01 Å². The fraction of sp³-hybridized carbons (Fsp3) is 0.371. The van der Waals surface area contributed by atoms with Gasteiger partial charge in [-0.3, -0.25) is 14.7 Å². The number of rotatable bonds is 7. The number of nitrogens with zero attached hydrogens (tertiary/aromatic N) is 5. The number of sulfone groups is 1. The number of terminal acetylenes is 1. The van der Waals surface area contributed by atoms with Crippen LogP contribution in [0.2, 0.25) is 0 Å². The first-order valence-corrected chi connectivity index (χ1v) is 17.9. The molecule has 49 heavy (non-hydrogen) atoms. The number of fused-ring (bicyclic) bond motifs is 3. The molecular formula is C35H34F2N6O5S. The van der Waals surface area contributed by atoms with Gasteiger partial charge in [0.25, 0.3) is 0 Å². The summed E-state index contributed by atoms with van der Waals surface area (Å²) in [7, 11) is -3.52. The Kier molecular flexibility index (Phi) is 8.36. The molecule has 5 heterocycles. The number of aromatic hydroxyl groups is 1. The van der Waals surface area contributed by atoms with Gasteiger partial charge < -0.3 is 20.5 Å². The van der Waals surface area contributed by atoms with Gasteiger partial charge in [0, 0.05) is 36.2 Å². The molecule has 7 rings (SSSR count). The molecule has 3 saturated heterocycles. The van der Waals surface area contributed by atoms with Crippen LogP contribution in [-0.2, 0) is 14.6 Å². The van der Waals surface area contributed by atoms with E-state index in [9.17, 15) is 22.7 Å². The van der Waals surface area contributed by atoms with Crippen molar-refractivity contribution in [3.05, 3.63) is 59.8 Å². The SMILES string of the molecule is C#Cc1c(F)ccc2cc(O)cc(-c3ncc4c(N5CCS(=O)(=O)C[C@@H](C=CC(N)=O)C5)nc(OCC56CCCN5CCC6)nc4c3F)c12. The molecule has 1 atom stereocenters. The first kappa shape index (κ1) is 32.7. The van der Waals surface area contributed by atoms with Gasteiger partial charge in [0.05, 0.1) is 28.0 Å². The number of phenols is 1. The zero-order valence-electron chi connectivity index (χ0n) is 26.5. The van der Waals surface area contributed by atoms with Crippen LogP contribution >= 0.6 is 0 Å². The number of pyridine rings is 1. The summed E-state index contributed by atoms with van der Waals surface area (Å²) in [5.41, 5.74) is 4.69. The number of amides is 1. The zero-order chi connectivity index (χ0) is 34.5. The second-order valence-electron chi connectivity index (χ2n) is 13.0. The van der Waals surface area contributed by atoms with E-state index >= 15 is 4.39 Å². The lowest BCUT2D eigenvalue weighted by atomic mass is 9.95. The van der Waals surface area contributed by atoms with Gasteiger partial charge in [0.15, 0.2) is 15.7 Å². The van der Waals surface area contributed by atoms with Crippen LogP contribution in [0.3, 0.4) is 0 Å². The lowest BCUT2D eigenvalue weighted by Crippen LogP contribution is -2.43. The summed E-state index contributed by atoms with van der Waals surface area (Å²) in [6.07, 6.45) is 13.6. The summed E-state index contributed by atoms with van der Waals surface area (Å²) >= 11 is 0. The van der Waals surface area contributed by atoms with Crippen molar-refractivity contribution in [2.75, 3.05) is 49.2 Å². The van der Waals surface area contributed by atoms with Crippen LogP contribution in [0.15, 0.2) is 42.6 Å². The van der Waals surface area contributed by atoms with Crippen LogP contribution in [-0.4, -0.2) is 89.1 Å². The van der Waals surface area contributed by atoms with Crippen molar-refractivity contribution in [1.82, 2.24) is 19.9 Å². The van der Waals surface area contributed by atoms with E-state index < -0.39 is 33.3 Å². The molecule has 0 bridgehead atoms. The zero-order valence-corrected chi connectivity index (χ0v) is 27.3. The predicted molar refractivity (Wildman–Crippen MR) is 181 cm³/mol. The second kappa shape index (κ2) is 12.5. The Morgan fingerprint density at radius 3 is 2.69 bits per heavy atom. The first-order valence-electron chi connectivity index (χ1n) is 16.1. The normalized spacial score (nSPS) is 20.4. The molecule has 254 valence electrons. The maximum atomic E-state index is 16.9. The molecule has 2 aromatic heterocycles. The van der Waals surface area contributed by atoms with Gasteiger partial charge in [-0.15, -0.1) is 6.42 Å². The number of carbonyl (C=O) groups is 1. The molecule has 0 spiro atoms. The van der Waals surface area contributed by atoms with Crippen molar-refractivity contribution in [3.63, 3.8) is 0 Å². The molecule has 1 amide bonds. The molecule has 0 radical (unpaired) electrons. The topological polar surface area (TPSA) is 152 Å². The Labute approximate surface area is 281 Å². The number of halogens is 2. The Balaban J connectivity index is 1.39. The number of hydrogen-bond acceptors (Lipinski definition) is 10. The maximum Gasteiger partial charge on any atom is 0.319 e. The van der Waals surface area contributed by atoms with Crippen molar-refractivity contribution in [2.24, 2.45) is 11.7 Å². The average molecular weight is 689 g/mol. The highest BCUT2D eigenvalue weighted by atomic mass is 32.2. The molecule has 11 nitrogen and oxygen atoms in total. The van der Waals surface area contributed by atoms with E-state index in [2.05, 4.69) is 20.8 Å². The number of phenolic OH excluding ortho intramolecular Hbond substituents is 1. The Morgan fingerprint density at radius 1 is 1.18 bits per heavy atom. The van der Waals surface area contributed by atoms with E-state index in [0.29, 0.717) is 5.39 Å². The molecule has 3 N–H and O–H groups in total. The molecule has 14 heteroatoms. The minimum atomic E-state index is -3.52. The molecule has 3 aliphatic rings. The fourth-order valence-electron chi connectivity index (χ4n) is 7.55. The van der Waals surface area contributed by atoms with Gasteiger partial charge in [0.2, 0.25) is 5.91 Å². The minimum absolute atomic E-state index is 0.0257. The third kappa shape index (κ3) is 6.13. The largest absolute Gasteiger partial charge is 0.508 e. The Hall–Kier alpha value is -4.87. The van der Waals surface area contributed by atoms with E-state index in [1.807, 2.05) is 0 Å². The lowest BCUT2D eigenvalue weighted by molar-refractivity contribution is -0.113. The van der Waals surface area contributed by atoms with Crippen molar-refractivity contribution in [2.45, 2.75) is 31.2 Å². The molecule has 0 aliphatic carbocycles. The average Bonchev–Trinajstić information content (AvgIpc) is 3.60. The molecule has 2 aromatic carbocycles. The summed E-state index contributed by atoms with van der Waals surface area (Å²) < 4.78 is 63.8. The highest BCUT2D eigenvalue weighted by molar-refractivity contribution is 7.91. The van der Waals surface area contributed by atoms with E-state index in [-0.39, 0.29) is 87.4 Å². The minimum Gasteiger partial charge on any atom is -0.508 e. The van der Waals surface area contributed by atoms with Gasteiger partial charge in [-0.25, -0.2) is 17.2 Å². The quantitative estimate of drug-likeness (QED) is 0.217. The van der Waals surface area contributed by atoms with Crippen LogP contribution in [0.25, 0.3) is 32.9 Å². The maximum absolute atomic E-state index is 16.9. The van der Waals surface area contributed by atoms with E-state index in [1.165, 1.54) is 36.5 Å². The molecule has 3 fully saturated rings. The van der Waals surface area contributed by atoms with Crippen molar-refractivity contribution >= 4 is 43.2 Å². The highest BCUT2D eigenvalue weighted by Crippen LogP contribution is 2.41. The summed E-state index contributed by atoms with van der Waals surface area (Å²) in [6.45, 7) is 2.38. The fourth-order valence-corrected chi connectivity index (χ4v) is 9.09. The van der Waals surface area contributed by atoms with Crippen LogP contribution in [0, 0.1) is 29.9 Å². The lowest BCUT2D eigenvalue weighted by Gasteiger charge is -2.31. The number of hydrogen-bond donors (Lipinski definition) is 2. The van der Waals surface area contributed by atoms with Crippen molar-refractivity contribution in [3.8, 4) is 35.4 Å². The highest BCUT2D eigenvalue weighted by Gasteiger charge is 2.45. The van der Waals surface area contributed by atoms with Gasteiger partial charge in [-0.05, 0) is 68.4 Å². The summed E-state index contributed by atoms with van der Waals surface area (Å²) in [5, 5.41) is 11.3. The number of ether oxygens (including phenoxy) is 1. The van der Waals surface area contributed by atoms with E-state index in [0.717, 1.165) is 44.8 Å². The van der Waals surface area contributed by atoms with Gasteiger partial charge in [-0.1, -0.05) is 18.1 Å². The number of aromatic nitrogens is 3. The third-order valence-electron chi connectivity index (χ3n) is 9.80. The molecule has 0 unspecified atom stereocenters. The molecule has 4 aromatic rings. The Morgan fingerprint density at radius 2 is 1.96 bits per heavy atom. The van der Waals surface area contributed by atoms with E-state index in [1.54, 1.807) is 4.90 Å². The number of anilines is 1. The summed E-state index contributed by atoms with van der Waals surface area (Å²) in [5.74, 6) is -1.00. The molecular weight excluding hydrogens is 654 g/mol. The van der Waals surface area contributed by atoms with Crippen LogP contribution < -0.4 is 15.4 Å². The first-order chi connectivity index (χ1) is 23.5. The van der Waals surface area contributed by atoms with Crippen LogP contribution in [0.1, 0.15) is 31.2 Å². The summed E-state index contributed by atoms with van der Waals surface area (Å²) in [4.78, 5) is 29.2. The van der Waals surface area contributed by atoms with Gasteiger partial charge in [0.1, 0.15) is 35.2 Å². The summed E-state index contributed by atoms with van der Waals surface area (Å²) in [6, 6.07) is 5.18. The molecule has 3 aliphatic heterocycles. The van der Waals surface area contributed by atoms with Crippen molar-refractivity contribution in [1.29, 1.82) is 0 Å². The standard InChI is InChI=1S/C35H34F2N6O5S/c1-2-24-27(36)7-6-22-15-23(44)16-25(29(22)24)31-30(37)32-26(17-39-31)33(42-13-14-49(46,47)19-21(18-42)5-8-28(38)45)41-34(40-32)48-20-35-9-3-11-43(35)12-4-10-35/h1,5-8,15-17,21,44H,3-4,9-14,18-20H2,(H2,38,45)/t21-/m0/s1. The monoisotopic (exact) mass is 688 g/mol. The van der Waals surface area contributed by atoms with Crippen molar-refractivity contribution < 1.29 is 31.8 Å². The molecule has 0 saturated carbocycles. The second-order valence-corrected chi connectivity index (χ2v) is 15.2. The van der Waals surface area contributed by atoms with Crippen LogP contribution in [0.5, 0.6) is 11.8 Å². The number of carbonyl (C=O) groups excluding carboxylic acids is 1. The van der Waals surface area contributed by atoms with Gasteiger partial charge in [-0.2, -0.15) is 9.97 Å².